The summed E-state index contributed by atoms with van der Waals surface area (Å²) < 4.78 is 32.6. The standard InChI is InChI=1S/C20H24N2O5S/c23-19(15-5-2-1-3-6-15)14-21-20(24)16-8-10-18(11-9-16)28(25,26)22-13-17-7-4-12-27-17/h1-3,5-6,8-11,17,19,22-23H,4,7,12-14H2,(H,21,24). The molecule has 150 valence electrons. The second-order valence-electron chi connectivity index (χ2n) is 6.65. The van der Waals surface area contributed by atoms with Gasteiger partial charge in [0.2, 0.25) is 10.0 Å². The first kappa shape index (κ1) is 20.5. The van der Waals surface area contributed by atoms with Crippen molar-refractivity contribution < 1.29 is 23.1 Å². The van der Waals surface area contributed by atoms with E-state index in [1.54, 1.807) is 12.1 Å². The van der Waals surface area contributed by atoms with E-state index in [1.807, 2.05) is 18.2 Å². The Hall–Kier alpha value is -2.26. The zero-order valence-corrected chi connectivity index (χ0v) is 16.2. The molecular weight excluding hydrogens is 380 g/mol. The highest BCUT2D eigenvalue weighted by molar-refractivity contribution is 7.89. The van der Waals surface area contributed by atoms with Crippen LogP contribution in [0.1, 0.15) is 34.9 Å². The molecule has 2 aromatic rings. The summed E-state index contributed by atoms with van der Waals surface area (Å²) in [5.41, 5.74) is 1.03. The first-order valence-corrected chi connectivity index (χ1v) is 10.7. The quantitative estimate of drug-likeness (QED) is 0.620. The fourth-order valence-electron chi connectivity index (χ4n) is 2.96. The summed E-state index contributed by atoms with van der Waals surface area (Å²) in [5, 5.41) is 12.8. The molecule has 2 aromatic carbocycles. The van der Waals surface area contributed by atoms with Crippen LogP contribution in [0.3, 0.4) is 0 Å². The van der Waals surface area contributed by atoms with Crippen LogP contribution in [0.15, 0.2) is 59.5 Å². The van der Waals surface area contributed by atoms with E-state index in [0.717, 1.165) is 12.8 Å². The molecule has 0 saturated carbocycles. The Balaban J connectivity index is 1.54. The lowest BCUT2D eigenvalue weighted by atomic mass is 10.1. The van der Waals surface area contributed by atoms with Crippen molar-refractivity contribution in [2.24, 2.45) is 0 Å². The van der Waals surface area contributed by atoms with Gasteiger partial charge in [0.25, 0.3) is 5.91 Å². The van der Waals surface area contributed by atoms with Crippen LogP contribution in [0.5, 0.6) is 0 Å². The van der Waals surface area contributed by atoms with Crippen molar-refractivity contribution in [3.63, 3.8) is 0 Å². The average Bonchev–Trinajstić information content (AvgIpc) is 3.25. The van der Waals surface area contributed by atoms with Gasteiger partial charge in [-0.1, -0.05) is 30.3 Å². The minimum absolute atomic E-state index is 0.0613. The zero-order valence-electron chi connectivity index (χ0n) is 15.4. The molecule has 2 atom stereocenters. The van der Waals surface area contributed by atoms with Gasteiger partial charge in [0.1, 0.15) is 0 Å². The maximum atomic E-state index is 12.3. The highest BCUT2D eigenvalue weighted by atomic mass is 32.2. The maximum Gasteiger partial charge on any atom is 0.251 e. The van der Waals surface area contributed by atoms with E-state index in [2.05, 4.69) is 10.0 Å². The van der Waals surface area contributed by atoms with Crippen LogP contribution in [-0.4, -0.2) is 45.2 Å². The van der Waals surface area contributed by atoms with Crippen LogP contribution in [0.25, 0.3) is 0 Å². The second kappa shape index (κ2) is 9.29. The molecule has 1 heterocycles. The predicted octanol–water partition coefficient (Wildman–Crippen LogP) is 1.61. The fourth-order valence-corrected chi connectivity index (χ4v) is 4.03. The summed E-state index contributed by atoms with van der Waals surface area (Å²) in [6, 6.07) is 14.7. The summed E-state index contributed by atoms with van der Waals surface area (Å²) in [7, 11) is -3.65. The summed E-state index contributed by atoms with van der Waals surface area (Å²) >= 11 is 0. The van der Waals surface area contributed by atoms with E-state index in [0.29, 0.717) is 17.7 Å². The van der Waals surface area contributed by atoms with Crippen molar-refractivity contribution in [2.45, 2.75) is 29.9 Å². The molecule has 0 spiro atoms. The number of aliphatic hydroxyl groups excluding tert-OH is 1. The van der Waals surface area contributed by atoms with Crippen LogP contribution < -0.4 is 10.0 Å². The Morgan fingerprint density at radius 2 is 1.86 bits per heavy atom. The number of hydrogen-bond acceptors (Lipinski definition) is 5. The van der Waals surface area contributed by atoms with Crippen molar-refractivity contribution in [2.75, 3.05) is 19.7 Å². The molecule has 1 saturated heterocycles. The number of benzene rings is 2. The van der Waals surface area contributed by atoms with Crippen LogP contribution in [0.2, 0.25) is 0 Å². The van der Waals surface area contributed by atoms with Gasteiger partial charge >= 0.3 is 0 Å². The normalized spacial score (nSPS) is 18.0. The van der Waals surface area contributed by atoms with Crippen molar-refractivity contribution in [1.29, 1.82) is 0 Å². The van der Waals surface area contributed by atoms with E-state index in [-0.39, 0.29) is 30.0 Å². The van der Waals surface area contributed by atoms with E-state index in [9.17, 15) is 18.3 Å². The first-order chi connectivity index (χ1) is 13.5. The summed E-state index contributed by atoms with van der Waals surface area (Å²) in [4.78, 5) is 12.3. The van der Waals surface area contributed by atoms with Crippen molar-refractivity contribution >= 4 is 15.9 Å². The largest absolute Gasteiger partial charge is 0.387 e. The third-order valence-electron chi connectivity index (χ3n) is 4.59. The monoisotopic (exact) mass is 404 g/mol. The lowest BCUT2D eigenvalue weighted by Gasteiger charge is -2.13. The molecule has 1 aliphatic heterocycles. The highest BCUT2D eigenvalue weighted by Gasteiger charge is 2.20. The number of carbonyl (C=O) groups is 1. The SMILES string of the molecule is O=C(NCC(O)c1ccccc1)c1ccc(S(=O)(=O)NCC2CCCO2)cc1. The number of sulfonamides is 1. The van der Waals surface area contributed by atoms with E-state index in [1.165, 1.54) is 24.3 Å². The molecule has 0 aliphatic carbocycles. The fraction of sp³-hybridized carbons (Fsp3) is 0.350. The second-order valence-corrected chi connectivity index (χ2v) is 8.41. The Morgan fingerprint density at radius 1 is 1.14 bits per heavy atom. The molecule has 0 bridgehead atoms. The first-order valence-electron chi connectivity index (χ1n) is 9.18. The maximum absolute atomic E-state index is 12.3. The molecule has 3 N–H and O–H groups in total. The molecule has 8 heteroatoms. The molecule has 7 nitrogen and oxygen atoms in total. The molecule has 28 heavy (non-hydrogen) atoms. The Bertz CT molecular complexity index is 879. The van der Waals surface area contributed by atoms with Crippen LogP contribution in [0.4, 0.5) is 0 Å². The minimum atomic E-state index is -3.65. The molecule has 1 aliphatic rings. The van der Waals surface area contributed by atoms with Gasteiger partial charge in [-0.05, 0) is 42.7 Å². The number of amides is 1. The van der Waals surface area contributed by atoms with Gasteiger partial charge in [-0.3, -0.25) is 4.79 Å². The molecule has 1 fully saturated rings. The van der Waals surface area contributed by atoms with E-state index >= 15 is 0 Å². The summed E-state index contributed by atoms with van der Waals surface area (Å²) in [5.74, 6) is -0.383. The van der Waals surface area contributed by atoms with Crippen LogP contribution in [0, 0.1) is 0 Å². The predicted molar refractivity (Wildman–Crippen MR) is 104 cm³/mol. The smallest absolute Gasteiger partial charge is 0.251 e. The lowest BCUT2D eigenvalue weighted by molar-refractivity contribution is 0.0916. The van der Waals surface area contributed by atoms with Crippen LogP contribution in [-0.2, 0) is 14.8 Å². The molecule has 2 unspecified atom stereocenters. The number of ether oxygens (including phenoxy) is 1. The van der Waals surface area contributed by atoms with Gasteiger partial charge in [-0.25, -0.2) is 13.1 Å². The van der Waals surface area contributed by atoms with E-state index in [4.69, 9.17) is 4.74 Å². The molecule has 0 radical (unpaired) electrons. The van der Waals surface area contributed by atoms with E-state index < -0.39 is 16.1 Å². The molecule has 1 amide bonds. The molecule has 0 aromatic heterocycles. The lowest BCUT2D eigenvalue weighted by Crippen LogP contribution is -2.32. The Kier molecular flexibility index (Phi) is 6.79. The number of aliphatic hydroxyl groups is 1. The van der Waals surface area contributed by atoms with Gasteiger partial charge in [-0.15, -0.1) is 0 Å². The number of nitrogens with one attached hydrogen (secondary N) is 2. The van der Waals surface area contributed by atoms with Gasteiger partial charge in [0.05, 0.1) is 17.1 Å². The topological polar surface area (TPSA) is 105 Å². The number of carbonyl (C=O) groups excluding carboxylic acids is 1. The van der Waals surface area contributed by atoms with Gasteiger partial charge in [0.15, 0.2) is 0 Å². The van der Waals surface area contributed by atoms with Crippen molar-refractivity contribution in [3.8, 4) is 0 Å². The van der Waals surface area contributed by atoms with Gasteiger partial charge in [-0.2, -0.15) is 0 Å². The summed E-state index contributed by atoms with van der Waals surface area (Å²) in [6.45, 7) is 0.961. The average molecular weight is 404 g/mol. The number of hydrogen-bond donors (Lipinski definition) is 3. The van der Waals surface area contributed by atoms with Gasteiger partial charge < -0.3 is 15.2 Å². The molecular formula is C20H24N2O5S. The zero-order chi connectivity index (χ0) is 20.0. The third-order valence-corrected chi connectivity index (χ3v) is 6.03. The highest BCUT2D eigenvalue weighted by Crippen LogP contribution is 2.15. The summed E-state index contributed by atoms with van der Waals surface area (Å²) in [6.07, 6.45) is 0.883. The van der Waals surface area contributed by atoms with Crippen molar-refractivity contribution in [3.05, 3.63) is 65.7 Å². The Labute approximate surface area is 164 Å². The Morgan fingerprint density at radius 3 is 2.50 bits per heavy atom. The third kappa shape index (κ3) is 5.39. The number of rotatable bonds is 8. The van der Waals surface area contributed by atoms with Crippen molar-refractivity contribution in [1.82, 2.24) is 10.0 Å². The molecule has 3 rings (SSSR count). The minimum Gasteiger partial charge on any atom is -0.387 e. The van der Waals surface area contributed by atoms with Gasteiger partial charge in [0, 0.05) is 25.3 Å². The van der Waals surface area contributed by atoms with Crippen LogP contribution >= 0.6 is 0 Å².